The number of pyridine rings is 1. The highest BCUT2D eigenvalue weighted by Crippen LogP contribution is 2.27. The van der Waals surface area contributed by atoms with E-state index in [-0.39, 0.29) is 10.0 Å². The molecule has 29 heavy (non-hydrogen) atoms. The number of rotatable bonds is 6. The number of ether oxygens (including phenoxy) is 1. The molecule has 2 heterocycles. The number of nitrogens with one attached hydrogen (secondary N) is 2. The number of aromatic nitrogens is 3. The summed E-state index contributed by atoms with van der Waals surface area (Å²) in [5, 5.41) is -0.669. The number of carbonyl (C=O) groups is 1. The molecule has 1 aromatic carbocycles. The van der Waals surface area contributed by atoms with E-state index >= 15 is 0 Å². The summed E-state index contributed by atoms with van der Waals surface area (Å²) in [5.74, 6) is -1.68. The first-order valence-electron chi connectivity index (χ1n) is 8.01. The zero-order chi connectivity index (χ0) is 21.2. The summed E-state index contributed by atoms with van der Waals surface area (Å²) in [5.41, 5.74) is 2.35. The normalized spacial score (nSPS) is 11.3. The van der Waals surface area contributed by atoms with Crippen LogP contribution >= 0.6 is 11.6 Å². The van der Waals surface area contributed by atoms with Crippen molar-refractivity contribution >= 4 is 27.5 Å². The number of nitrogens with zero attached hydrogens (tertiary/aromatic N) is 3. The number of benzene rings is 1. The lowest BCUT2D eigenvalue weighted by Crippen LogP contribution is -2.42. The number of methoxy groups -OCH3 is 1. The summed E-state index contributed by atoms with van der Waals surface area (Å²) in [4.78, 5) is 22.1. The van der Waals surface area contributed by atoms with Gasteiger partial charge >= 0.3 is 0 Å². The van der Waals surface area contributed by atoms with E-state index in [9.17, 15) is 17.6 Å². The Morgan fingerprint density at radius 3 is 2.62 bits per heavy atom. The summed E-state index contributed by atoms with van der Waals surface area (Å²) in [6.07, 6.45) is 4.39. The molecular formula is C17H15ClFN5O4S. The Hall–Kier alpha value is -3.02. The minimum absolute atomic E-state index is 0.307. The van der Waals surface area contributed by atoms with Crippen molar-refractivity contribution in [2.45, 2.75) is 5.03 Å². The molecule has 12 heteroatoms. The van der Waals surface area contributed by atoms with E-state index in [1.807, 2.05) is 10.3 Å². The van der Waals surface area contributed by atoms with E-state index in [4.69, 9.17) is 16.3 Å². The van der Waals surface area contributed by atoms with Gasteiger partial charge < -0.3 is 9.30 Å². The molecule has 0 saturated carbocycles. The molecular weight excluding hydrogens is 425 g/mol. The average Bonchev–Trinajstić information content (AvgIpc) is 3.14. The maximum Gasteiger partial charge on any atom is 0.274 e. The maximum absolute atomic E-state index is 14.4. The van der Waals surface area contributed by atoms with E-state index in [2.05, 4.69) is 9.97 Å². The summed E-state index contributed by atoms with van der Waals surface area (Å²) in [6, 6.07) is 5.12. The van der Waals surface area contributed by atoms with E-state index in [1.165, 1.54) is 43.9 Å². The summed E-state index contributed by atoms with van der Waals surface area (Å²) >= 11 is 5.88. The first kappa shape index (κ1) is 20.7. The first-order valence-corrected chi connectivity index (χ1v) is 9.87. The fourth-order valence-corrected chi connectivity index (χ4v) is 3.33. The van der Waals surface area contributed by atoms with Gasteiger partial charge in [-0.1, -0.05) is 11.6 Å². The van der Waals surface area contributed by atoms with Gasteiger partial charge in [0.05, 0.1) is 35.9 Å². The molecule has 0 spiro atoms. The molecule has 0 aliphatic rings. The van der Waals surface area contributed by atoms with Gasteiger partial charge in [-0.15, -0.1) is 4.83 Å². The predicted octanol–water partition coefficient (Wildman–Crippen LogP) is 1.91. The molecule has 2 N–H and O–H groups in total. The molecule has 0 radical (unpaired) electrons. The Morgan fingerprint density at radius 2 is 2.03 bits per heavy atom. The monoisotopic (exact) mass is 439 g/mol. The first-order chi connectivity index (χ1) is 13.7. The number of aryl methyl sites for hydroxylation is 1. The molecule has 0 aliphatic heterocycles. The molecule has 0 bridgehead atoms. The number of hydrogen-bond acceptors (Lipinski definition) is 6. The van der Waals surface area contributed by atoms with Gasteiger partial charge in [-0.2, -0.15) is 0 Å². The van der Waals surface area contributed by atoms with Crippen LogP contribution in [0.15, 0.2) is 48.0 Å². The Morgan fingerprint density at radius 1 is 1.28 bits per heavy atom. The lowest BCUT2D eigenvalue weighted by Gasteiger charge is -2.10. The molecule has 0 saturated heterocycles. The third-order valence-corrected chi connectivity index (χ3v) is 5.23. The smallest absolute Gasteiger partial charge is 0.274 e. The quantitative estimate of drug-likeness (QED) is 0.567. The topological polar surface area (TPSA) is 115 Å². The van der Waals surface area contributed by atoms with Crippen molar-refractivity contribution in [2.75, 3.05) is 7.11 Å². The molecule has 0 atom stereocenters. The van der Waals surface area contributed by atoms with E-state index < -0.39 is 27.3 Å². The van der Waals surface area contributed by atoms with Crippen LogP contribution in [-0.2, 0) is 17.1 Å². The van der Waals surface area contributed by atoms with Crippen molar-refractivity contribution in [3.8, 4) is 17.0 Å². The highest BCUT2D eigenvalue weighted by molar-refractivity contribution is 7.89. The lowest BCUT2D eigenvalue weighted by atomic mass is 10.1. The zero-order valence-electron chi connectivity index (χ0n) is 15.2. The number of carbonyl (C=O) groups excluding carboxylic acids is 1. The largest absolute Gasteiger partial charge is 0.495 e. The Bertz CT molecular complexity index is 1170. The number of imidazole rings is 1. The number of hydrazine groups is 1. The van der Waals surface area contributed by atoms with Gasteiger partial charge in [-0.3, -0.25) is 10.2 Å². The van der Waals surface area contributed by atoms with Gasteiger partial charge in [-0.25, -0.2) is 22.8 Å². The molecule has 1 amide bonds. The lowest BCUT2D eigenvalue weighted by molar-refractivity contribution is 0.0941. The average molecular weight is 440 g/mol. The van der Waals surface area contributed by atoms with Gasteiger partial charge in [0.25, 0.3) is 15.9 Å². The van der Waals surface area contributed by atoms with Crippen molar-refractivity contribution in [1.29, 1.82) is 0 Å². The predicted molar refractivity (Wildman–Crippen MR) is 102 cm³/mol. The summed E-state index contributed by atoms with van der Waals surface area (Å²) in [6.45, 7) is 0. The molecule has 9 nitrogen and oxygen atoms in total. The van der Waals surface area contributed by atoms with Crippen LogP contribution in [-0.4, -0.2) is 36.0 Å². The standard InChI is InChI=1S/C17H15ClFN5O4S/c1-24-8-14(21-9-24)10-5-12(16(19)13(18)6-10)17(25)22-23-29(26,27)15-4-3-11(28-2)7-20-15/h3-9,23H,1-2H3,(H,22,25). The Labute approximate surface area is 170 Å². The van der Waals surface area contributed by atoms with Crippen molar-refractivity contribution in [1.82, 2.24) is 24.8 Å². The Balaban J connectivity index is 1.82. The van der Waals surface area contributed by atoms with Crippen molar-refractivity contribution in [3.63, 3.8) is 0 Å². The van der Waals surface area contributed by atoms with E-state index in [0.29, 0.717) is 17.0 Å². The highest BCUT2D eigenvalue weighted by atomic mass is 35.5. The van der Waals surface area contributed by atoms with Crippen LogP contribution in [0.25, 0.3) is 11.3 Å². The van der Waals surface area contributed by atoms with Crippen molar-refractivity contribution < 1.29 is 22.3 Å². The van der Waals surface area contributed by atoms with Gasteiger partial charge in [-0.05, 0) is 24.3 Å². The van der Waals surface area contributed by atoms with Gasteiger partial charge in [0.15, 0.2) is 10.8 Å². The van der Waals surface area contributed by atoms with Crippen LogP contribution in [0.3, 0.4) is 0 Å². The second kappa shape index (κ2) is 8.15. The molecule has 3 rings (SSSR count). The number of hydrogen-bond donors (Lipinski definition) is 2. The van der Waals surface area contributed by atoms with Crippen molar-refractivity contribution in [3.05, 3.63) is 59.4 Å². The molecule has 0 fully saturated rings. The van der Waals surface area contributed by atoms with Crippen LogP contribution in [0, 0.1) is 5.82 Å². The van der Waals surface area contributed by atoms with Crippen molar-refractivity contribution in [2.24, 2.45) is 7.05 Å². The fraction of sp³-hybridized carbons (Fsp3) is 0.118. The molecule has 3 aromatic rings. The van der Waals surface area contributed by atoms with Crippen LogP contribution < -0.4 is 15.0 Å². The molecule has 0 unspecified atom stereocenters. The third-order valence-electron chi connectivity index (χ3n) is 3.79. The summed E-state index contributed by atoms with van der Waals surface area (Å²) in [7, 11) is -1.04. The number of sulfonamides is 1. The number of amides is 1. The van der Waals surface area contributed by atoms with E-state index in [0.717, 1.165) is 0 Å². The van der Waals surface area contributed by atoms with Crippen LogP contribution in [0.1, 0.15) is 10.4 Å². The minimum Gasteiger partial charge on any atom is -0.495 e. The summed E-state index contributed by atoms with van der Waals surface area (Å²) < 4.78 is 45.4. The zero-order valence-corrected chi connectivity index (χ0v) is 16.8. The third kappa shape index (κ3) is 4.53. The van der Waals surface area contributed by atoms with E-state index in [1.54, 1.807) is 17.8 Å². The second-order valence-electron chi connectivity index (χ2n) is 5.84. The van der Waals surface area contributed by atoms with Gasteiger partial charge in [0, 0.05) is 18.8 Å². The number of halogens is 2. The van der Waals surface area contributed by atoms with Gasteiger partial charge in [0.1, 0.15) is 5.75 Å². The fourth-order valence-electron chi connectivity index (χ4n) is 2.34. The Kier molecular flexibility index (Phi) is 5.82. The van der Waals surface area contributed by atoms with Crippen LogP contribution in [0.5, 0.6) is 5.75 Å². The van der Waals surface area contributed by atoms with Crippen LogP contribution in [0.4, 0.5) is 4.39 Å². The second-order valence-corrected chi connectivity index (χ2v) is 7.88. The maximum atomic E-state index is 14.4. The SMILES string of the molecule is COc1ccc(S(=O)(=O)NNC(=O)c2cc(-c3cn(C)cn3)cc(Cl)c2F)nc1. The molecule has 0 aliphatic carbocycles. The van der Waals surface area contributed by atoms with Crippen LogP contribution in [0.2, 0.25) is 5.02 Å². The molecule has 152 valence electrons. The minimum atomic E-state index is -4.19. The van der Waals surface area contributed by atoms with Gasteiger partial charge in [0.2, 0.25) is 0 Å². The highest BCUT2D eigenvalue weighted by Gasteiger charge is 2.21. The molecule has 2 aromatic heterocycles.